The van der Waals surface area contributed by atoms with Crippen molar-refractivity contribution in [3.8, 4) is 0 Å². The van der Waals surface area contributed by atoms with Gasteiger partial charge in [-0.3, -0.25) is 9.59 Å². The second-order valence-corrected chi connectivity index (χ2v) is 7.25. The molecule has 0 spiro atoms. The van der Waals surface area contributed by atoms with Crippen LogP contribution in [0, 0.1) is 0 Å². The number of rotatable bonds is 5. The number of methoxy groups -OCH3 is 1. The van der Waals surface area contributed by atoms with Crippen molar-refractivity contribution in [3.63, 3.8) is 0 Å². The number of carbonyl (C=O) groups is 3. The number of nitrogens with one attached hydrogen (secondary N) is 3. The second-order valence-electron chi connectivity index (χ2n) is 7.25. The molecule has 2 aromatic carbocycles. The minimum absolute atomic E-state index is 0.144. The molecule has 4 rings (SSSR count). The van der Waals surface area contributed by atoms with Crippen LogP contribution in [0.3, 0.4) is 0 Å². The van der Waals surface area contributed by atoms with Crippen molar-refractivity contribution < 1.29 is 19.1 Å². The Kier molecular flexibility index (Phi) is 5.14. The molecule has 3 N–H and O–H groups in total. The number of likely N-dealkylation sites (N-methyl/N-ethyl adjacent to an activating group) is 1. The Morgan fingerprint density at radius 2 is 2.03 bits per heavy atom. The van der Waals surface area contributed by atoms with E-state index in [0.717, 1.165) is 22.2 Å². The average Bonchev–Trinajstić information content (AvgIpc) is 3.15. The minimum atomic E-state index is -0.852. The summed E-state index contributed by atoms with van der Waals surface area (Å²) >= 11 is 0. The number of esters is 1. The van der Waals surface area contributed by atoms with E-state index in [1.165, 1.54) is 7.11 Å². The SMILES string of the molecule is COC(=O)[C@@H](Cc1c[nH]c2ccccc12)NC(=O)c1ccc2c(c1)NC(=O)CN2C. The molecular weight excluding hydrogens is 384 g/mol. The van der Waals surface area contributed by atoms with Gasteiger partial charge in [-0.25, -0.2) is 4.79 Å². The number of anilines is 2. The van der Waals surface area contributed by atoms with Crippen LogP contribution in [0.5, 0.6) is 0 Å². The molecule has 2 amide bonds. The molecule has 0 bridgehead atoms. The van der Waals surface area contributed by atoms with Gasteiger partial charge in [0.25, 0.3) is 5.91 Å². The van der Waals surface area contributed by atoms with Gasteiger partial charge in [0.2, 0.25) is 5.91 Å². The number of ether oxygens (including phenoxy) is 1. The number of hydrogen-bond acceptors (Lipinski definition) is 5. The van der Waals surface area contributed by atoms with Gasteiger partial charge in [0.05, 0.1) is 25.0 Å². The van der Waals surface area contributed by atoms with Crippen LogP contribution in [0.4, 0.5) is 11.4 Å². The topological polar surface area (TPSA) is 104 Å². The first-order valence-corrected chi connectivity index (χ1v) is 9.55. The number of carbonyl (C=O) groups excluding carboxylic acids is 3. The molecule has 0 unspecified atom stereocenters. The van der Waals surface area contributed by atoms with Crippen LogP contribution < -0.4 is 15.5 Å². The first kappa shape index (κ1) is 19.5. The van der Waals surface area contributed by atoms with E-state index >= 15 is 0 Å². The number of amides is 2. The molecule has 154 valence electrons. The summed E-state index contributed by atoms with van der Waals surface area (Å²) in [5, 5.41) is 6.52. The lowest BCUT2D eigenvalue weighted by molar-refractivity contribution is -0.142. The fraction of sp³-hybridized carbons (Fsp3) is 0.227. The lowest BCUT2D eigenvalue weighted by atomic mass is 10.0. The van der Waals surface area contributed by atoms with Gasteiger partial charge in [-0.05, 0) is 29.8 Å². The summed E-state index contributed by atoms with van der Waals surface area (Å²) in [5.41, 5.74) is 3.59. The Hall–Kier alpha value is -3.81. The lowest BCUT2D eigenvalue weighted by Gasteiger charge is -2.27. The highest BCUT2D eigenvalue weighted by Crippen LogP contribution is 2.29. The second kappa shape index (κ2) is 7.90. The van der Waals surface area contributed by atoms with Crippen molar-refractivity contribution in [2.45, 2.75) is 12.5 Å². The molecule has 0 saturated carbocycles. The van der Waals surface area contributed by atoms with Crippen LogP contribution in [-0.4, -0.2) is 49.5 Å². The highest BCUT2D eigenvalue weighted by molar-refractivity contribution is 6.04. The normalized spacial score (nSPS) is 14.1. The van der Waals surface area contributed by atoms with Crippen molar-refractivity contribution >= 4 is 40.1 Å². The fourth-order valence-electron chi connectivity index (χ4n) is 3.70. The van der Waals surface area contributed by atoms with Gasteiger partial charge in [-0.15, -0.1) is 0 Å². The minimum Gasteiger partial charge on any atom is -0.467 e. The predicted molar refractivity (Wildman–Crippen MR) is 114 cm³/mol. The quantitative estimate of drug-likeness (QED) is 0.563. The van der Waals surface area contributed by atoms with Crippen molar-refractivity contribution in [2.75, 3.05) is 30.9 Å². The largest absolute Gasteiger partial charge is 0.467 e. The maximum Gasteiger partial charge on any atom is 0.328 e. The first-order valence-electron chi connectivity index (χ1n) is 9.55. The Labute approximate surface area is 173 Å². The third kappa shape index (κ3) is 3.71. The summed E-state index contributed by atoms with van der Waals surface area (Å²) in [6.45, 7) is 0.258. The highest BCUT2D eigenvalue weighted by Gasteiger charge is 2.25. The maximum atomic E-state index is 12.9. The number of aromatic amines is 1. The van der Waals surface area contributed by atoms with Crippen LogP contribution in [0.1, 0.15) is 15.9 Å². The summed E-state index contributed by atoms with van der Waals surface area (Å²) in [5.74, 6) is -1.09. The third-order valence-electron chi connectivity index (χ3n) is 5.21. The predicted octanol–water partition coefficient (Wildman–Crippen LogP) is 2.07. The number of aromatic nitrogens is 1. The molecule has 0 aliphatic carbocycles. The first-order chi connectivity index (χ1) is 14.5. The summed E-state index contributed by atoms with van der Waals surface area (Å²) < 4.78 is 4.90. The molecule has 1 aliphatic heterocycles. The molecule has 1 aromatic heterocycles. The van der Waals surface area contributed by atoms with Gasteiger partial charge < -0.3 is 25.3 Å². The van der Waals surface area contributed by atoms with E-state index in [-0.39, 0.29) is 18.9 Å². The van der Waals surface area contributed by atoms with Gasteiger partial charge in [-0.1, -0.05) is 18.2 Å². The van der Waals surface area contributed by atoms with Gasteiger partial charge in [0, 0.05) is 36.1 Å². The Bertz CT molecular complexity index is 1140. The average molecular weight is 406 g/mol. The van der Waals surface area contributed by atoms with Crippen LogP contribution in [-0.2, 0) is 20.7 Å². The fourth-order valence-corrected chi connectivity index (χ4v) is 3.70. The monoisotopic (exact) mass is 406 g/mol. The van der Waals surface area contributed by atoms with Crippen molar-refractivity contribution in [1.29, 1.82) is 0 Å². The zero-order chi connectivity index (χ0) is 21.3. The zero-order valence-corrected chi connectivity index (χ0v) is 16.7. The molecule has 0 saturated heterocycles. The van der Waals surface area contributed by atoms with Gasteiger partial charge in [-0.2, -0.15) is 0 Å². The van der Waals surface area contributed by atoms with E-state index in [4.69, 9.17) is 4.74 Å². The van der Waals surface area contributed by atoms with Crippen LogP contribution >= 0.6 is 0 Å². The Morgan fingerprint density at radius 3 is 2.83 bits per heavy atom. The van der Waals surface area contributed by atoms with Gasteiger partial charge in [0.15, 0.2) is 0 Å². The number of para-hydroxylation sites is 1. The number of hydrogen-bond donors (Lipinski definition) is 3. The molecule has 0 radical (unpaired) electrons. The van der Waals surface area contributed by atoms with Crippen LogP contribution in [0.25, 0.3) is 10.9 Å². The summed E-state index contributed by atoms with van der Waals surface area (Å²) in [4.78, 5) is 42.0. The molecule has 0 fully saturated rings. The zero-order valence-electron chi connectivity index (χ0n) is 16.7. The van der Waals surface area contributed by atoms with E-state index in [2.05, 4.69) is 15.6 Å². The van der Waals surface area contributed by atoms with E-state index in [1.807, 2.05) is 42.4 Å². The summed E-state index contributed by atoms with van der Waals surface area (Å²) in [7, 11) is 3.10. The third-order valence-corrected chi connectivity index (χ3v) is 5.21. The summed E-state index contributed by atoms with van der Waals surface area (Å²) in [6, 6.07) is 12.0. The molecule has 8 heteroatoms. The number of nitrogens with zero attached hydrogens (tertiary/aromatic N) is 1. The van der Waals surface area contributed by atoms with Gasteiger partial charge >= 0.3 is 5.97 Å². The number of benzene rings is 2. The van der Waals surface area contributed by atoms with E-state index in [1.54, 1.807) is 18.2 Å². The molecular formula is C22H22N4O4. The lowest BCUT2D eigenvalue weighted by Crippen LogP contribution is -2.43. The number of fused-ring (bicyclic) bond motifs is 2. The maximum absolute atomic E-state index is 12.9. The summed E-state index contributed by atoms with van der Waals surface area (Å²) in [6.07, 6.45) is 2.11. The molecule has 1 aliphatic rings. The van der Waals surface area contributed by atoms with Crippen LogP contribution in [0.15, 0.2) is 48.7 Å². The van der Waals surface area contributed by atoms with E-state index < -0.39 is 17.9 Å². The molecule has 2 heterocycles. The van der Waals surface area contributed by atoms with Crippen molar-refractivity contribution in [3.05, 3.63) is 59.8 Å². The smallest absolute Gasteiger partial charge is 0.328 e. The van der Waals surface area contributed by atoms with Crippen molar-refractivity contribution in [1.82, 2.24) is 10.3 Å². The molecule has 3 aromatic rings. The van der Waals surface area contributed by atoms with E-state index in [9.17, 15) is 14.4 Å². The van der Waals surface area contributed by atoms with Crippen molar-refractivity contribution in [2.24, 2.45) is 0 Å². The highest BCUT2D eigenvalue weighted by atomic mass is 16.5. The number of H-pyrrole nitrogens is 1. The van der Waals surface area contributed by atoms with Crippen LogP contribution in [0.2, 0.25) is 0 Å². The Morgan fingerprint density at radius 1 is 1.23 bits per heavy atom. The van der Waals surface area contributed by atoms with E-state index in [0.29, 0.717) is 11.3 Å². The standard InChI is InChI=1S/C22H22N4O4/c1-26-12-20(27)24-17-9-13(7-8-19(17)26)21(28)25-18(22(29)30-2)10-14-11-23-16-6-4-3-5-15(14)16/h3-9,11,18,23H,10,12H2,1-2H3,(H,24,27)(H,25,28)/t18-/m1/s1. The van der Waals surface area contributed by atoms with Gasteiger partial charge in [0.1, 0.15) is 6.04 Å². The molecule has 1 atom stereocenters. The molecule has 30 heavy (non-hydrogen) atoms. The Balaban J connectivity index is 1.56. The molecule has 8 nitrogen and oxygen atoms in total.